The van der Waals surface area contributed by atoms with Crippen molar-refractivity contribution >= 4 is 11.6 Å². The molecule has 2 heterocycles. The SMILES string of the molecule is CCC[C@H](C)Oc1cc(-n2nc3ccccn3c2=O)c(F)cc1C(=O)O. The lowest BCUT2D eigenvalue weighted by molar-refractivity contribution is 0.0689. The van der Waals surface area contributed by atoms with Crippen LogP contribution in [-0.4, -0.2) is 31.4 Å². The molecule has 0 amide bonds. The molecule has 3 rings (SSSR count). The normalized spacial score (nSPS) is 12.3. The highest BCUT2D eigenvalue weighted by atomic mass is 19.1. The number of hydrogen-bond donors (Lipinski definition) is 1. The number of aromatic nitrogens is 3. The number of halogens is 1. The number of rotatable bonds is 6. The Morgan fingerprint density at radius 3 is 2.81 bits per heavy atom. The van der Waals surface area contributed by atoms with Crippen molar-refractivity contribution in [3.05, 3.63) is 58.4 Å². The molecule has 136 valence electrons. The van der Waals surface area contributed by atoms with Gasteiger partial charge in [0, 0.05) is 12.3 Å². The molecule has 7 nitrogen and oxygen atoms in total. The van der Waals surface area contributed by atoms with E-state index < -0.39 is 17.5 Å². The standard InChI is InChI=1S/C18H18FN3O4/c1-3-6-11(2)26-15-10-14(13(19)9-12(15)17(23)24)22-18(25)21-8-5-4-7-16(21)20-22/h4-5,7-11H,3,6H2,1-2H3,(H,23,24)/t11-/m0/s1. The lowest BCUT2D eigenvalue weighted by Crippen LogP contribution is -2.21. The monoisotopic (exact) mass is 359 g/mol. The van der Waals surface area contributed by atoms with Crippen LogP contribution in [0.1, 0.15) is 37.0 Å². The molecule has 1 atom stereocenters. The van der Waals surface area contributed by atoms with Gasteiger partial charge in [-0.3, -0.25) is 0 Å². The summed E-state index contributed by atoms with van der Waals surface area (Å²) in [5.41, 5.74) is -0.676. The topological polar surface area (TPSA) is 85.8 Å². The Balaban J connectivity index is 2.16. The van der Waals surface area contributed by atoms with Crippen LogP contribution in [0.2, 0.25) is 0 Å². The zero-order valence-electron chi connectivity index (χ0n) is 14.3. The van der Waals surface area contributed by atoms with Gasteiger partial charge in [0.05, 0.1) is 6.10 Å². The predicted octanol–water partition coefficient (Wildman–Crippen LogP) is 2.89. The van der Waals surface area contributed by atoms with Crippen molar-refractivity contribution in [1.29, 1.82) is 0 Å². The van der Waals surface area contributed by atoms with Crippen LogP contribution in [-0.2, 0) is 0 Å². The summed E-state index contributed by atoms with van der Waals surface area (Å²) in [4.78, 5) is 23.9. The van der Waals surface area contributed by atoms with Crippen LogP contribution in [0.4, 0.5) is 4.39 Å². The summed E-state index contributed by atoms with van der Waals surface area (Å²) >= 11 is 0. The van der Waals surface area contributed by atoms with Gasteiger partial charge in [0.15, 0.2) is 5.65 Å². The first-order valence-corrected chi connectivity index (χ1v) is 8.22. The molecule has 1 aromatic carbocycles. The summed E-state index contributed by atoms with van der Waals surface area (Å²) < 4.78 is 22.4. The van der Waals surface area contributed by atoms with Crippen LogP contribution in [0.15, 0.2) is 41.3 Å². The fourth-order valence-corrected chi connectivity index (χ4v) is 2.73. The summed E-state index contributed by atoms with van der Waals surface area (Å²) in [5.74, 6) is -2.18. The molecule has 3 aromatic rings. The Kier molecular flexibility index (Phi) is 4.75. The summed E-state index contributed by atoms with van der Waals surface area (Å²) in [6.45, 7) is 3.78. The Morgan fingerprint density at radius 1 is 1.38 bits per heavy atom. The molecule has 8 heteroatoms. The van der Waals surface area contributed by atoms with Gasteiger partial charge in [0.2, 0.25) is 0 Å². The van der Waals surface area contributed by atoms with Crippen LogP contribution >= 0.6 is 0 Å². The number of nitrogens with zero attached hydrogens (tertiary/aromatic N) is 3. The highest BCUT2D eigenvalue weighted by Crippen LogP contribution is 2.27. The molecule has 0 aliphatic carbocycles. The van der Waals surface area contributed by atoms with Gasteiger partial charge in [-0.05, 0) is 31.5 Å². The number of ether oxygens (including phenoxy) is 1. The molecule has 1 N–H and O–H groups in total. The molecule has 0 fully saturated rings. The van der Waals surface area contributed by atoms with E-state index in [-0.39, 0.29) is 23.1 Å². The average Bonchev–Trinajstić information content (AvgIpc) is 2.93. The average molecular weight is 359 g/mol. The maximum Gasteiger partial charge on any atom is 0.355 e. The van der Waals surface area contributed by atoms with Crippen LogP contribution < -0.4 is 10.4 Å². The Bertz CT molecular complexity index is 1020. The van der Waals surface area contributed by atoms with E-state index in [1.54, 1.807) is 25.1 Å². The predicted molar refractivity (Wildman–Crippen MR) is 92.7 cm³/mol. The third kappa shape index (κ3) is 3.17. The third-order valence-corrected chi connectivity index (χ3v) is 3.96. The first-order valence-electron chi connectivity index (χ1n) is 8.22. The van der Waals surface area contributed by atoms with Crippen molar-refractivity contribution in [3.63, 3.8) is 0 Å². The second-order valence-corrected chi connectivity index (χ2v) is 5.95. The molecule has 0 bridgehead atoms. The minimum Gasteiger partial charge on any atom is -0.490 e. The molecule has 0 spiro atoms. The summed E-state index contributed by atoms with van der Waals surface area (Å²) in [6, 6.07) is 7.03. The molecule has 2 aromatic heterocycles. The van der Waals surface area contributed by atoms with E-state index in [2.05, 4.69) is 5.10 Å². The molecule has 0 saturated heterocycles. The number of carboxylic acid groups (broad SMARTS) is 1. The maximum absolute atomic E-state index is 14.5. The van der Waals surface area contributed by atoms with Gasteiger partial charge < -0.3 is 9.84 Å². The number of hydrogen-bond acceptors (Lipinski definition) is 4. The summed E-state index contributed by atoms with van der Waals surface area (Å²) in [7, 11) is 0. The fourth-order valence-electron chi connectivity index (χ4n) is 2.73. The van der Waals surface area contributed by atoms with Crippen LogP contribution in [0.3, 0.4) is 0 Å². The van der Waals surface area contributed by atoms with E-state index >= 15 is 0 Å². The van der Waals surface area contributed by atoms with Crippen LogP contribution in [0.5, 0.6) is 5.75 Å². The number of fused-ring (bicyclic) bond motifs is 1. The summed E-state index contributed by atoms with van der Waals surface area (Å²) in [5, 5.41) is 13.4. The van der Waals surface area contributed by atoms with Crippen molar-refractivity contribution in [2.75, 3.05) is 0 Å². The van der Waals surface area contributed by atoms with E-state index in [0.717, 1.165) is 17.2 Å². The zero-order chi connectivity index (χ0) is 18.8. The third-order valence-electron chi connectivity index (χ3n) is 3.96. The van der Waals surface area contributed by atoms with Crippen molar-refractivity contribution in [2.24, 2.45) is 0 Å². The van der Waals surface area contributed by atoms with E-state index in [1.165, 1.54) is 16.7 Å². The lowest BCUT2D eigenvalue weighted by Gasteiger charge is -2.16. The van der Waals surface area contributed by atoms with Gasteiger partial charge in [0.25, 0.3) is 0 Å². The quantitative estimate of drug-likeness (QED) is 0.731. The lowest BCUT2D eigenvalue weighted by atomic mass is 10.1. The molecular formula is C18H18FN3O4. The van der Waals surface area contributed by atoms with Crippen molar-refractivity contribution in [1.82, 2.24) is 14.2 Å². The smallest absolute Gasteiger partial charge is 0.355 e. The molecule has 0 aliphatic rings. The Labute approximate surface area is 148 Å². The van der Waals surface area contributed by atoms with Gasteiger partial charge >= 0.3 is 11.7 Å². The van der Waals surface area contributed by atoms with Gasteiger partial charge in [-0.25, -0.2) is 18.4 Å². The highest BCUT2D eigenvalue weighted by molar-refractivity contribution is 5.91. The first-order chi connectivity index (χ1) is 12.4. The van der Waals surface area contributed by atoms with E-state index in [0.29, 0.717) is 12.1 Å². The first kappa shape index (κ1) is 17.7. The Hall–Kier alpha value is -3.16. The largest absolute Gasteiger partial charge is 0.490 e. The maximum atomic E-state index is 14.5. The van der Waals surface area contributed by atoms with E-state index in [4.69, 9.17) is 4.74 Å². The van der Waals surface area contributed by atoms with Gasteiger partial charge in [0.1, 0.15) is 22.8 Å². The number of benzene rings is 1. The van der Waals surface area contributed by atoms with Crippen molar-refractivity contribution < 1.29 is 19.0 Å². The minimum atomic E-state index is -1.31. The number of pyridine rings is 1. The van der Waals surface area contributed by atoms with Gasteiger partial charge in [-0.15, -0.1) is 5.10 Å². The highest BCUT2D eigenvalue weighted by Gasteiger charge is 2.21. The number of carboxylic acids is 1. The summed E-state index contributed by atoms with van der Waals surface area (Å²) in [6.07, 6.45) is 2.82. The second kappa shape index (κ2) is 6.99. The van der Waals surface area contributed by atoms with Gasteiger partial charge in [-0.2, -0.15) is 4.68 Å². The zero-order valence-corrected chi connectivity index (χ0v) is 14.3. The fraction of sp³-hybridized carbons (Fsp3) is 0.278. The van der Waals surface area contributed by atoms with Crippen LogP contribution in [0, 0.1) is 5.82 Å². The molecule has 26 heavy (non-hydrogen) atoms. The molecule has 0 unspecified atom stereocenters. The van der Waals surface area contributed by atoms with Crippen molar-refractivity contribution in [3.8, 4) is 11.4 Å². The van der Waals surface area contributed by atoms with E-state index in [9.17, 15) is 19.1 Å². The van der Waals surface area contributed by atoms with Crippen LogP contribution in [0.25, 0.3) is 11.3 Å². The minimum absolute atomic E-state index is 0.00111. The number of aromatic carboxylic acids is 1. The second-order valence-electron chi connectivity index (χ2n) is 5.95. The molecule has 0 radical (unpaired) electrons. The van der Waals surface area contributed by atoms with Crippen molar-refractivity contribution in [2.45, 2.75) is 32.8 Å². The number of carbonyl (C=O) groups is 1. The molecule has 0 aliphatic heterocycles. The van der Waals surface area contributed by atoms with Gasteiger partial charge in [-0.1, -0.05) is 19.4 Å². The molecular weight excluding hydrogens is 341 g/mol. The Morgan fingerprint density at radius 2 is 2.15 bits per heavy atom. The van der Waals surface area contributed by atoms with E-state index in [1.807, 2.05) is 6.92 Å². The molecule has 0 saturated carbocycles.